The Bertz CT molecular complexity index is 62.5. The SMILES string of the molecule is C[C@@]1(O)CCCN1. The van der Waals surface area contributed by atoms with E-state index in [1.165, 1.54) is 0 Å². The summed E-state index contributed by atoms with van der Waals surface area (Å²) in [7, 11) is 0. The van der Waals surface area contributed by atoms with Crippen molar-refractivity contribution < 1.29 is 5.11 Å². The van der Waals surface area contributed by atoms with Crippen molar-refractivity contribution in [1.29, 1.82) is 0 Å². The molecule has 0 radical (unpaired) electrons. The largest absolute Gasteiger partial charge is 0.376 e. The van der Waals surface area contributed by atoms with Crippen LogP contribution in [0.4, 0.5) is 0 Å². The van der Waals surface area contributed by atoms with E-state index in [2.05, 4.69) is 5.32 Å². The molecule has 0 aromatic heterocycles. The molecule has 0 saturated carbocycles. The van der Waals surface area contributed by atoms with Gasteiger partial charge < -0.3 is 5.11 Å². The maximum atomic E-state index is 9.08. The van der Waals surface area contributed by atoms with Gasteiger partial charge in [-0.1, -0.05) is 0 Å². The lowest BCUT2D eigenvalue weighted by molar-refractivity contribution is 0.0449. The van der Waals surface area contributed by atoms with Gasteiger partial charge in [-0.25, -0.2) is 0 Å². The summed E-state index contributed by atoms with van der Waals surface area (Å²) in [5.41, 5.74) is -0.556. The highest BCUT2D eigenvalue weighted by molar-refractivity contribution is 4.76. The van der Waals surface area contributed by atoms with E-state index in [1.807, 2.05) is 0 Å². The average Bonchev–Trinajstić information content (AvgIpc) is 1.84. The van der Waals surface area contributed by atoms with Crippen molar-refractivity contribution in [3.05, 3.63) is 0 Å². The molecular weight excluding hydrogens is 90.1 g/mol. The van der Waals surface area contributed by atoms with Crippen LogP contribution < -0.4 is 5.32 Å². The van der Waals surface area contributed by atoms with E-state index in [9.17, 15) is 0 Å². The molecule has 0 unspecified atom stereocenters. The fourth-order valence-corrected chi connectivity index (χ4v) is 0.879. The maximum absolute atomic E-state index is 9.08. The fourth-order valence-electron chi connectivity index (χ4n) is 0.879. The van der Waals surface area contributed by atoms with Gasteiger partial charge in [-0.05, 0) is 26.3 Å². The second-order valence-electron chi connectivity index (χ2n) is 2.30. The van der Waals surface area contributed by atoms with Crippen molar-refractivity contribution in [2.24, 2.45) is 0 Å². The quantitative estimate of drug-likeness (QED) is 0.453. The molecular formula is C5H11NO. The summed E-state index contributed by atoms with van der Waals surface area (Å²) in [5, 5.41) is 12.0. The summed E-state index contributed by atoms with van der Waals surface area (Å²) < 4.78 is 0. The molecule has 2 heteroatoms. The van der Waals surface area contributed by atoms with Crippen LogP contribution in [-0.2, 0) is 0 Å². The predicted octanol–water partition coefficient (Wildman–Crippen LogP) is 0.0783. The van der Waals surface area contributed by atoms with E-state index in [4.69, 9.17) is 5.11 Å². The van der Waals surface area contributed by atoms with E-state index >= 15 is 0 Å². The topological polar surface area (TPSA) is 32.3 Å². The van der Waals surface area contributed by atoms with E-state index in [-0.39, 0.29) is 0 Å². The van der Waals surface area contributed by atoms with Gasteiger partial charge in [0.05, 0.1) is 0 Å². The highest BCUT2D eigenvalue weighted by atomic mass is 16.3. The number of rotatable bonds is 0. The van der Waals surface area contributed by atoms with Crippen LogP contribution in [0, 0.1) is 0 Å². The van der Waals surface area contributed by atoms with E-state index in [0.717, 1.165) is 19.4 Å². The van der Waals surface area contributed by atoms with Gasteiger partial charge in [0.15, 0.2) is 0 Å². The fraction of sp³-hybridized carbons (Fsp3) is 1.00. The van der Waals surface area contributed by atoms with Crippen molar-refractivity contribution in [2.75, 3.05) is 6.54 Å². The van der Waals surface area contributed by atoms with Crippen LogP contribution in [0.2, 0.25) is 0 Å². The van der Waals surface area contributed by atoms with Gasteiger partial charge in [-0.3, -0.25) is 5.32 Å². The Labute approximate surface area is 43.5 Å². The molecule has 2 N–H and O–H groups in total. The van der Waals surface area contributed by atoms with Crippen molar-refractivity contribution in [3.63, 3.8) is 0 Å². The minimum atomic E-state index is -0.556. The summed E-state index contributed by atoms with van der Waals surface area (Å²) in [6.45, 7) is 2.77. The van der Waals surface area contributed by atoms with Gasteiger partial charge in [0, 0.05) is 0 Å². The lowest BCUT2D eigenvalue weighted by Gasteiger charge is -2.14. The molecule has 0 bridgehead atoms. The van der Waals surface area contributed by atoms with Crippen LogP contribution in [0.25, 0.3) is 0 Å². The van der Waals surface area contributed by atoms with E-state index < -0.39 is 5.72 Å². The Morgan fingerprint density at radius 3 is 2.57 bits per heavy atom. The standard InChI is InChI=1S/C5H11NO/c1-5(7)3-2-4-6-5/h6-7H,2-4H2,1H3/t5-/m1/s1. The molecule has 1 fully saturated rings. The highest BCUT2D eigenvalue weighted by Crippen LogP contribution is 2.13. The lowest BCUT2D eigenvalue weighted by atomic mass is 10.2. The molecule has 0 aromatic carbocycles. The first kappa shape index (κ1) is 5.06. The zero-order chi connectivity index (χ0) is 5.33. The maximum Gasteiger partial charge on any atom is 0.113 e. The monoisotopic (exact) mass is 101 g/mol. The van der Waals surface area contributed by atoms with E-state index in [1.54, 1.807) is 6.92 Å². The molecule has 1 aliphatic rings. The zero-order valence-corrected chi connectivity index (χ0v) is 4.57. The Morgan fingerprint density at radius 1 is 1.71 bits per heavy atom. The summed E-state index contributed by atoms with van der Waals surface area (Å²) in [6, 6.07) is 0. The smallest absolute Gasteiger partial charge is 0.113 e. The molecule has 1 rings (SSSR count). The van der Waals surface area contributed by atoms with Crippen LogP contribution >= 0.6 is 0 Å². The van der Waals surface area contributed by atoms with Gasteiger partial charge in [0.25, 0.3) is 0 Å². The number of hydrogen-bond donors (Lipinski definition) is 2. The first-order chi connectivity index (χ1) is 3.21. The Hall–Kier alpha value is -0.0800. The number of hydrogen-bond acceptors (Lipinski definition) is 2. The minimum Gasteiger partial charge on any atom is -0.376 e. The lowest BCUT2D eigenvalue weighted by Crippen LogP contribution is -2.35. The first-order valence-corrected chi connectivity index (χ1v) is 2.68. The second-order valence-corrected chi connectivity index (χ2v) is 2.30. The van der Waals surface area contributed by atoms with Crippen molar-refractivity contribution in [1.82, 2.24) is 5.32 Å². The predicted molar refractivity (Wildman–Crippen MR) is 27.9 cm³/mol. The highest BCUT2D eigenvalue weighted by Gasteiger charge is 2.23. The van der Waals surface area contributed by atoms with E-state index in [0.29, 0.717) is 0 Å². The van der Waals surface area contributed by atoms with Crippen molar-refractivity contribution >= 4 is 0 Å². The molecule has 0 amide bonds. The summed E-state index contributed by atoms with van der Waals surface area (Å²) in [6.07, 6.45) is 2.00. The normalized spacial score (nSPS) is 42.0. The molecule has 42 valence electrons. The second kappa shape index (κ2) is 1.46. The van der Waals surface area contributed by atoms with Crippen LogP contribution in [0.1, 0.15) is 19.8 Å². The third-order valence-electron chi connectivity index (χ3n) is 1.35. The van der Waals surface area contributed by atoms with Crippen LogP contribution in [-0.4, -0.2) is 17.4 Å². The first-order valence-electron chi connectivity index (χ1n) is 2.68. The molecule has 7 heavy (non-hydrogen) atoms. The molecule has 1 saturated heterocycles. The molecule has 0 aromatic rings. The third kappa shape index (κ3) is 1.14. The Morgan fingerprint density at radius 2 is 2.43 bits per heavy atom. The third-order valence-corrected chi connectivity index (χ3v) is 1.35. The minimum absolute atomic E-state index is 0.556. The van der Waals surface area contributed by atoms with Crippen molar-refractivity contribution in [2.45, 2.75) is 25.5 Å². The van der Waals surface area contributed by atoms with Gasteiger partial charge in [0.1, 0.15) is 5.72 Å². The molecule has 1 heterocycles. The van der Waals surface area contributed by atoms with Gasteiger partial charge in [0.2, 0.25) is 0 Å². The van der Waals surface area contributed by atoms with Crippen LogP contribution in [0.5, 0.6) is 0 Å². The average molecular weight is 101 g/mol. The summed E-state index contributed by atoms with van der Waals surface area (Å²) in [4.78, 5) is 0. The summed E-state index contributed by atoms with van der Waals surface area (Å²) in [5.74, 6) is 0. The van der Waals surface area contributed by atoms with Crippen LogP contribution in [0.3, 0.4) is 0 Å². The van der Waals surface area contributed by atoms with Crippen molar-refractivity contribution in [3.8, 4) is 0 Å². The Kier molecular flexibility index (Phi) is 1.05. The molecule has 1 atom stereocenters. The van der Waals surface area contributed by atoms with Crippen LogP contribution in [0.15, 0.2) is 0 Å². The molecule has 0 spiro atoms. The van der Waals surface area contributed by atoms with Gasteiger partial charge >= 0.3 is 0 Å². The van der Waals surface area contributed by atoms with Gasteiger partial charge in [-0.2, -0.15) is 0 Å². The molecule has 2 nitrogen and oxygen atoms in total. The summed E-state index contributed by atoms with van der Waals surface area (Å²) >= 11 is 0. The molecule has 0 aliphatic carbocycles. The zero-order valence-electron chi connectivity index (χ0n) is 4.57. The Balaban J connectivity index is 2.40. The van der Waals surface area contributed by atoms with Gasteiger partial charge in [-0.15, -0.1) is 0 Å². The number of aliphatic hydroxyl groups is 1. The molecule has 1 aliphatic heterocycles. The number of nitrogens with one attached hydrogen (secondary N) is 1.